The molecule has 1 saturated heterocycles. The van der Waals surface area contributed by atoms with Gasteiger partial charge in [0, 0.05) is 11.6 Å². The highest BCUT2D eigenvalue weighted by Crippen LogP contribution is 2.37. The van der Waals surface area contributed by atoms with Crippen molar-refractivity contribution in [2.75, 3.05) is 0 Å². The fourth-order valence-electron chi connectivity index (χ4n) is 3.80. The predicted octanol–water partition coefficient (Wildman–Crippen LogP) is 4.32. The van der Waals surface area contributed by atoms with Crippen molar-refractivity contribution in [1.82, 2.24) is 14.9 Å². The number of imidazole rings is 1. The first-order valence-electron chi connectivity index (χ1n) is 11.0. The average molecular weight is 472 g/mol. The van der Waals surface area contributed by atoms with Crippen LogP contribution in [0, 0.1) is 5.82 Å². The topological polar surface area (TPSA) is 65.4 Å². The van der Waals surface area contributed by atoms with Crippen LogP contribution in [0.25, 0.3) is 22.4 Å². The highest BCUT2D eigenvalue weighted by Gasteiger charge is 2.51. The molecule has 6 nitrogen and oxygen atoms in total. The molecule has 0 radical (unpaired) electrons. The smallest absolute Gasteiger partial charge is 0.399 e. The molecule has 0 unspecified atom stereocenters. The highest BCUT2D eigenvalue weighted by molar-refractivity contribution is 6.62. The van der Waals surface area contributed by atoms with Crippen molar-refractivity contribution in [3.8, 4) is 11.4 Å². The van der Waals surface area contributed by atoms with Gasteiger partial charge in [-0.15, -0.1) is 0 Å². The molecule has 1 aliphatic rings. The van der Waals surface area contributed by atoms with Gasteiger partial charge >= 0.3 is 7.12 Å². The minimum atomic E-state index is -0.530. The Balaban J connectivity index is 1.79. The summed E-state index contributed by atoms with van der Waals surface area (Å²) in [5, 5.41) is 2.90. The third kappa shape index (κ3) is 4.52. The van der Waals surface area contributed by atoms with E-state index in [4.69, 9.17) is 25.9 Å². The SMILES string of the molecule is CC(C)NC(=O)Cn1c(-c2ccc(F)c(Cl)c2)nc2cc(B3OC(C)(C)C(C)(C)O3)ccc21. The van der Waals surface area contributed by atoms with Crippen LogP contribution in [0.3, 0.4) is 0 Å². The third-order valence-corrected chi connectivity index (χ3v) is 6.52. The van der Waals surface area contributed by atoms with Gasteiger partial charge in [0.2, 0.25) is 5.91 Å². The summed E-state index contributed by atoms with van der Waals surface area (Å²) in [7, 11) is -0.530. The summed E-state index contributed by atoms with van der Waals surface area (Å²) in [5.74, 6) is -0.130. The molecule has 33 heavy (non-hydrogen) atoms. The highest BCUT2D eigenvalue weighted by atomic mass is 35.5. The van der Waals surface area contributed by atoms with Crippen molar-refractivity contribution in [2.45, 2.75) is 65.3 Å². The molecule has 1 aliphatic heterocycles. The number of fused-ring (bicyclic) bond motifs is 1. The van der Waals surface area contributed by atoms with Crippen molar-refractivity contribution in [2.24, 2.45) is 0 Å². The minimum absolute atomic E-state index is 0.00403. The largest absolute Gasteiger partial charge is 0.494 e. The van der Waals surface area contributed by atoms with E-state index in [2.05, 4.69) is 5.32 Å². The zero-order valence-corrected chi connectivity index (χ0v) is 20.5. The van der Waals surface area contributed by atoms with Crippen molar-refractivity contribution >= 4 is 41.1 Å². The monoisotopic (exact) mass is 471 g/mol. The fourth-order valence-corrected chi connectivity index (χ4v) is 3.98. The number of benzene rings is 2. The second kappa shape index (κ2) is 8.42. The van der Waals surface area contributed by atoms with Gasteiger partial charge in [0.15, 0.2) is 0 Å². The molecular formula is C24H28BClFN3O3. The van der Waals surface area contributed by atoms with E-state index in [0.717, 1.165) is 11.0 Å². The Morgan fingerprint density at radius 3 is 2.42 bits per heavy atom. The standard InChI is InChI=1S/C24H28BClFN3O3/c1-14(2)28-21(31)13-30-20-10-8-16(25-32-23(3,4)24(5,6)33-25)12-19(20)29-22(30)15-7-9-18(27)17(26)11-15/h7-12,14H,13H2,1-6H3,(H,28,31). The predicted molar refractivity (Wildman–Crippen MR) is 129 cm³/mol. The average Bonchev–Trinajstić information content (AvgIpc) is 3.16. The van der Waals surface area contributed by atoms with E-state index in [0.29, 0.717) is 16.9 Å². The fraction of sp³-hybridized carbons (Fsp3) is 0.417. The molecule has 0 aliphatic carbocycles. The molecule has 0 spiro atoms. The number of nitrogens with one attached hydrogen (secondary N) is 1. The molecule has 1 aromatic heterocycles. The van der Waals surface area contributed by atoms with Gasteiger partial charge in [-0.05, 0) is 77.3 Å². The number of aromatic nitrogens is 2. The van der Waals surface area contributed by atoms with Crippen LogP contribution >= 0.6 is 11.6 Å². The second-order valence-corrected chi connectivity index (χ2v) is 10.1. The number of carbonyl (C=O) groups is 1. The van der Waals surface area contributed by atoms with Gasteiger partial charge in [0.05, 0.1) is 27.3 Å². The van der Waals surface area contributed by atoms with E-state index in [-0.39, 0.29) is 23.5 Å². The molecule has 3 aromatic rings. The van der Waals surface area contributed by atoms with Crippen molar-refractivity contribution < 1.29 is 18.5 Å². The van der Waals surface area contributed by atoms with Crippen LogP contribution in [-0.4, -0.2) is 39.8 Å². The van der Waals surface area contributed by atoms with E-state index < -0.39 is 24.1 Å². The zero-order chi connectivity index (χ0) is 24.1. The summed E-state index contributed by atoms with van der Waals surface area (Å²) in [6.07, 6.45) is 0. The van der Waals surface area contributed by atoms with Crippen LogP contribution < -0.4 is 10.8 Å². The van der Waals surface area contributed by atoms with Gasteiger partial charge in [-0.25, -0.2) is 9.37 Å². The van der Waals surface area contributed by atoms with E-state index in [9.17, 15) is 9.18 Å². The summed E-state index contributed by atoms with van der Waals surface area (Å²) < 4.78 is 27.9. The summed E-state index contributed by atoms with van der Waals surface area (Å²) >= 11 is 6.03. The number of amides is 1. The number of halogens is 2. The van der Waals surface area contributed by atoms with Crippen molar-refractivity contribution in [1.29, 1.82) is 0 Å². The van der Waals surface area contributed by atoms with Gasteiger partial charge < -0.3 is 19.2 Å². The Labute approximate surface area is 198 Å². The molecule has 1 N–H and O–H groups in total. The lowest BCUT2D eigenvalue weighted by Crippen LogP contribution is -2.41. The maximum Gasteiger partial charge on any atom is 0.494 e. The molecular weight excluding hydrogens is 444 g/mol. The van der Waals surface area contributed by atoms with Crippen LogP contribution in [0.2, 0.25) is 5.02 Å². The normalized spacial score (nSPS) is 17.2. The lowest BCUT2D eigenvalue weighted by atomic mass is 9.79. The van der Waals surface area contributed by atoms with Crippen LogP contribution in [0.1, 0.15) is 41.5 Å². The quantitative estimate of drug-likeness (QED) is 0.563. The second-order valence-electron chi connectivity index (χ2n) is 9.71. The first kappa shape index (κ1) is 23.7. The maximum absolute atomic E-state index is 13.8. The molecule has 1 amide bonds. The van der Waals surface area contributed by atoms with Crippen molar-refractivity contribution in [3.63, 3.8) is 0 Å². The van der Waals surface area contributed by atoms with Gasteiger partial charge in [0.25, 0.3) is 0 Å². The van der Waals surface area contributed by atoms with Gasteiger partial charge in [-0.2, -0.15) is 0 Å². The Morgan fingerprint density at radius 2 is 1.82 bits per heavy atom. The third-order valence-electron chi connectivity index (χ3n) is 6.23. The van der Waals surface area contributed by atoms with Crippen LogP contribution in [0.5, 0.6) is 0 Å². The van der Waals surface area contributed by atoms with Crippen molar-refractivity contribution in [3.05, 3.63) is 47.2 Å². The molecule has 0 bridgehead atoms. The first-order chi connectivity index (χ1) is 15.4. The Kier molecular flexibility index (Phi) is 6.05. The summed E-state index contributed by atoms with van der Waals surface area (Å²) in [5.41, 5.74) is 1.97. The number of rotatable bonds is 5. The molecule has 2 aromatic carbocycles. The Bertz CT molecular complexity index is 1210. The molecule has 2 heterocycles. The minimum Gasteiger partial charge on any atom is -0.399 e. The number of carbonyl (C=O) groups excluding carboxylic acids is 1. The molecule has 9 heteroatoms. The molecule has 4 rings (SSSR count). The van der Waals surface area contributed by atoms with Gasteiger partial charge in [-0.1, -0.05) is 17.7 Å². The van der Waals surface area contributed by atoms with Gasteiger partial charge in [0.1, 0.15) is 18.2 Å². The Morgan fingerprint density at radius 1 is 1.15 bits per heavy atom. The zero-order valence-electron chi connectivity index (χ0n) is 19.7. The maximum atomic E-state index is 13.8. The van der Waals surface area contributed by atoms with E-state index in [1.165, 1.54) is 12.1 Å². The van der Waals surface area contributed by atoms with Crippen LogP contribution in [0.15, 0.2) is 36.4 Å². The lowest BCUT2D eigenvalue weighted by Gasteiger charge is -2.32. The molecule has 174 valence electrons. The first-order valence-corrected chi connectivity index (χ1v) is 11.4. The van der Waals surface area contributed by atoms with Crippen LogP contribution in [0.4, 0.5) is 4.39 Å². The number of hydrogen-bond acceptors (Lipinski definition) is 4. The number of hydrogen-bond donors (Lipinski definition) is 1. The molecule has 0 atom stereocenters. The van der Waals surface area contributed by atoms with Crippen LogP contribution in [-0.2, 0) is 20.6 Å². The number of nitrogens with zero attached hydrogens (tertiary/aromatic N) is 2. The van der Waals surface area contributed by atoms with E-state index in [1.807, 2.05) is 64.3 Å². The van der Waals surface area contributed by atoms with E-state index in [1.54, 1.807) is 6.07 Å². The van der Waals surface area contributed by atoms with E-state index >= 15 is 0 Å². The molecule has 1 fully saturated rings. The summed E-state index contributed by atoms with van der Waals surface area (Å²) in [6.45, 7) is 11.9. The Hall–Kier alpha value is -2.42. The molecule has 0 saturated carbocycles. The lowest BCUT2D eigenvalue weighted by molar-refractivity contribution is -0.122. The summed E-state index contributed by atoms with van der Waals surface area (Å²) in [4.78, 5) is 17.4. The van der Waals surface area contributed by atoms with Gasteiger partial charge in [-0.3, -0.25) is 4.79 Å². The summed E-state index contributed by atoms with van der Waals surface area (Å²) in [6, 6.07) is 10.2.